The van der Waals surface area contributed by atoms with Gasteiger partial charge in [-0.05, 0) is 25.7 Å². The van der Waals surface area contributed by atoms with Crippen LogP contribution < -0.4 is 0 Å². The highest BCUT2D eigenvalue weighted by atomic mass is 16.4. The molecule has 0 bridgehead atoms. The first kappa shape index (κ1) is 12.9. The largest absolute Gasteiger partial charge is 0.481 e. The number of carbonyl (C=O) groups is 1. The quantitative estimate of drug-likeness (QED) is 0.500. The fraction of sp³-hybridized carbons (Fsp3) is 0.583. The molecule has 0 aliphatic rings. The molecule has 2 nitrogen and oxygen atoms in total. The number of unbranched alkanes of at least 4 members (excludes halogenated alkanes) is 1. The van der Waals surface area contributed by atoms with Gasteiger partial charge in [-0.25, -0.2) is 0 Å². The van der Waals surface area contributed by atoms with Gasteiger partial charge >= 0.3 is 5.97 Å². The topological polar surface area (TPSA) is 37.3 Å². The van der Waals surface area contributed by atoms with Crippen LogP contribution in [0.15, 0.2) is 24.3 Å². The average Bonchev–Trinajstić information content (AvgIpc) is 2.16. The molecule has 0 aliphatic carbocycles. The second-order valence-electron chi connectivity index (χ2n) is 3.24. The summed E-state index contributed by atoms with van der Waals surface area (Å²) in [7, 11) is 0. The molecule has 0 aromatic heterocycles. The van der Waals surface area contributed by atoms with E-state index in [-0.39, 0.29) is 5.92 Å². The summed E-state index contributed by atoms with van der Waals surface area (Å²) in [6, 6.07) is 0. The highest BCUT2D eigenvalue weighted by Crippen LogP contribution is 2.06. The van der Waals surface area contributed by atoms with Gasteiger partial charge in [0.25, 0.3) is 0 Å². The lowest BCUT2D eigenvalue weighted by molar-refractivity contribution is -0.140. The maximum Gasteiger partial charge on any atom is 0.310 e. The summed E-state index contributed by atoms with van der Waals surface area (Å²) < 4.78 is 0. The lowest BCUT2D eigenvalue weighted by atomic mass is 10.1. The van der Waals surface area contributed by atoms with E-state index in [1.54, 1.807) is 6.08 Å². The molecule has 80 valence electrons. The normalized spacial score (nSPS) is 13.9. The SMILES string of the molecule is CCC=CCCC=CC(CC)C(=O)O. The van der Waals surface area contributed by atoms with Gasteiger partial charge in [0, 0.05) is 0 Å². The zero-order chi connectivity index (χ0) is 10.8. The summed E-state index contributed by atoms with van der Waals surface area (Å²) in [4.78, 5) is 10.6. The number of hydrogen-bond donors (Lipinski definition) is 1. The van der Waals surface area contributed by atoms with Gasteiger partial charge in [0.2, 0.25) is 0 Å². The molecule has 1 atom stereocenters. The van der Waals surface area contributed by atoms with Gasteiger partial charge in [0.1, 0.15) is 0 Å². The Bertz CT molecular complexity index is 204. The molecule has 1 unspecified atom stereocenters. The lowest BCUT2D eigenvalue weighted by Gasteiger charge is -2.01. The maximum absolute atomic E-state index is 10.6. The highest BCUT2D eigenvalue weighted by Gasteiger charge is 2.09. The average molecular weight is 196 g/mol. The fourth-order valence-electron chi connectivity index (χ4n) is 1.13. The molecule has 0 fully saturated rings. The molecule has 0 heterocycles. The fourth-order valence-corrected chi connectivity index (χ4v) is 1.13. The van der Waals surface area contributed by atoms with Crippen molar-refractivity contribution < 1.29 is 9.90 Å². The monoisotopic (exact) mass is 196 g/mol. The smallest absolute Gasteiger partial charge is 0.310 e. The van der Waals surface area contributed by atoms with Crippen molar-refractivity contribution in [3.8, 4) is 0 Å². The summed E-state index contributed by atoms with van der Waals surface area (Å²) in [5.41, 5.74) is 0. The van der Waals surface area contributed by atoms with Crippen LogP contribution in [0.5, 0.6) is 0 Å². The molecule has 2 heteroatoms. The molecule has 0 aliphatic heterocycles. The van der Waals surface area contributed by atoms with Crippen LogP contribution in [0.4, 0.5) is 0 Å². The van der Waals surface area contributed by atoms with Crippen LogP contribution >= 0.6 is 0 Å². The van der Waals surface area contributed by atoms with Crippen LogP contribution in [0.2, 0.25) is 0 Å². The van der Waals surface area contributed by atoms with Crippen molar-refractivity contribution in [1.82, 2.24) is 0 Å². The Labute approximate surface area is 86.3 Å². The van der Waals surface area contributed by atoms with Crippen molar-refractivity contribution in [2.75, 3.05) is 0 Å². The van der Waals surface area contributed by atoms with Gasteiger partial charge in [-0.2, -0.15) is 0 Å². The second-order valence-corrected chi connectivity index (χ2v) is 3.24. The van der Waals surface area contributed by atoms with Gasteiger partial charge in [-0.3, -0.25) is 4.79 Å². The number of rotatable bonds is 7. The molecule has 0 saturated heterocycles. The van der Waals surface area contributed by atoms with Crippen LogP contribution in [0.25, 0.3) is 0 Å². The molecule has 0 amide bonds. The molecule has 1 N–H and O–H groups in total. The Balaban J connectivity index is 3.69. The Morgan fingerprint density at radius 2 is 1.86 bits per heavy atom. The molecule has 0 radical (unpaired) electrons. The molecule has 0 aromatic rings. The maximum atomic E-state index is 10.6. The minimum absolute atomic E-state index is 0.315. The molecule has 14 heavy (non-hydrogen) atoms. The Morgan fingerprint density at radius 3 is 2.36 bits per heavy atom. The lowest BCUT2D eigenvalue weighted by Crippen LogP contribution is -2.08. The summed E-state index contributed by atoms with van der Waals surface area (Å²) in [5, 5.41) is 8.75. The third-order valence-electron chi connectivity index (χ3n) is 2.03. The van der Waals surface area contributed by atoms with E-state index in [0.717, 1.165) is 19.3 Å². The van der Waals surface area contributed by atoms with Crippen LogP contribution in [0.1, 0.15) is 39.5 Å². The van der Waals surface area contributed by atoms with Gasteiger partial charge in [-0.1, -0.05) is 38.2 Å². The van der Waals surface area contributed by atoms with Crippen molar-refractivity contribution in [2.24, 2.45) is 5.92 Å². The number of allylic oxidation sites excluding steroid dienone is 3. The number of carboxylic acids is 1. The Hall–Kier alpha value is -1.05. The van der Waals surface area contributed by atoms with Crippen LogP contribution in [-0.4, -0.2) is 11.1 Å². The summed E-state index contributed by atoms with van der Waals surface area (Å²) in [5.74, 6) is -1.04. The molecule has 0 aromatic carbocycles. The van der Waals surface area contributed by atoms with E-state index in [1.807, 2.05) is 13.0 Å². The van der Waals surface area contributed by atoms with E-state index < -0.39 is 5.97 Å². The Kier molecular flexibility index (Phi) is 7.90. The number of carboxylic acid groups (broad SMARTS) is 1. The minimum atomic E-state index is -0.729. The van der Waals surface area contributed by atoms with E-state index in [2.05, 4.69) is 19.1 Å². The third-order valence-corrected chi connectivity index (χ3v) is 2.03. The van der Waals surface area contributed by atoms with Gasteiger partial charge < -0.3 is 5.11 Å². The van der Waals surface area contributed by atoms with Crippen LogP contribution in [-0.2, 0) is 4.79 Å². The minimum Gasteiger partial charge on any atom is -0.481 e. The predicted octanol–water partition coefficient (Wildman–Crippen LogP) is 3.40. The molecular weight excluding hydrogens is 176 g/mol. The van der Waals surface area contributed by atoms with Crippen molar-refractivity contribution in [2.45, 2.75) is 39.5 Å². The van der Waals surface area contributed by atoms with Crippen LogP contribution in [0.3, 0.4) is 0 Å². The van der Waals surface area contributed by atoms with Crippen molar-refractivity contribution >= 4 is 5.97 Å². The summed E-state index contributed by atoms with van der Waals surface area (Å²) in [6.07, 6.45) is 11.7. The van der Waals surface area contributed by atoms with Crippen molar-refractivity contribution in [1.29, 1.82) is 0 Å². The van der Waals surface area contributed by atoms with Crippen molar-refractivity contribution in [3.63, 3.8) is 0 Å². The summed E-state index contributed by atoms with van der Waals surface area (Å²) in [6.45, 7) is 3.99. The standard InChI is InChI=1S/C12H20O2/c1-3-5-6-7-8-9-10-11(4-2)12(13)14/h5-6,9-11H,3-4,7-8H2,1-2H3,(H,13,14). The van der Waals surface area contributed by atoms with Gasteiger partial charge in [0.15, 0.2) is 0 Å². The number of aliphatic carboxylic acids is 1. The van der Waals surface area contributed by atoms with Gasteiger partial charge in [0.05, 0.1) is 5.92 Å². The predicted molar refractivity (Wildman–Crippen MR) is 59.2 cm³/mol. The molecule has 0 saturated carbocycles. The molecule has 0 spiro atoms. The first-order valence-electron chi connectivity index (χ1n) is 5.26. The second kappa shape index (κ2) is 8.54. The van der Waals surface area contributed by atoms with Crippen molar-refractivity contribution in [3.05, 3.63) is 24.3 Å². The Morgan fingerprint density at radius 1 is 1.21 bits per heavy atom. The van der Waals surface area contributed by atoms with E-state index >= 15 is 0 Å². The number of hydrogen-bond acceptors (Lipinski definition) is 1. The zero-order valence-corrected chi connectivity index (χ0v) is 9.07. The van der Waals surface area contributed by atoms with E-state index in [0.29, 0.717) is 6.42 Å². The molecule has 0 rings (SSSR count). The van der Waals surface area contributed by atoms with E-state index in [1.165, 1.54) is 0 Å². The van der Waals surface area contributed by atoms with E-state index in [4.69, 9.17) is 5.11 Å². The molecular formula is C12H20O2. The summed E-state index contributed by atoms with van der Waals surface area (Å²) >= 11 is 0. The zero-order valence-electron chi connectivity index (χ0n) is 9.07. The first-order valence-corrected chi connectivity index (χ1v) is 5.26. The highest BCUT2D eigenvalue weighted by molar-refractivity contribution is 5.71. The third kappa shape index (κ3) is 6.46. The first-order chi connectivity index (χ1) is 6.72. The van der Waals surface area contributed by atoms with E-state index in [9.17, 15) is 4.79 Å². The van der Waals surface area contributed by atoms with Crippen LogP contribution in [0, 0.1) is 5.92 Å². The van der Waals surface area contributed by atoms with Gasteiger partial charge in [-0.15, -0.1) is 0 Å².